The third kappa shape index (κ3) is 3.95. The van der Waals surface area contributed by atoms with Crippen LogP contribution >= 0.6 is 0 Å². The number of carbonyl (C=O) groups excluding carboxylic acids is 1. The molecule has 3 N–H and O–H groups in total. The minimum absolute atomic E-state index is 0.346. The standard InChI is InChI=1S/C21H24FN3O3/c22-15-3-1-14(2-4-15)21(27)24-20-17-13-16(25-10-8-23-9-11-25)5-6-19(17)28-12-7-18(20)26/h1-6,13,18,20,23,26H,7-12H2,(H,24,27)/t18-,20-/m0/s1. The van der Waals surface area contributed by atoms with Gasteiger partial charge in [-0.05, 0) is 42.5 Å². The zero-order valence-electron chi connectivity index (χ0n) is 15.5. The molecule has 2 atom stereocenters. The van der Waals surface area contributed by atoms with Crippen molar-refractivity contribution in [1.29, 1.82) is 0 Å². The Morgan fingerprint density at radius 3 is 2.68 bits per heavy atom. The van der Waals surface area contributed by atoms with Gasteiger partial charge < -0.3 is 25.4 Å². The molecule has 0 saturated carbocycles. The first kappa shape index (κ1) is 18.7. The van der Waals surface area contributed by atoms with Crippen molar-refractivity contribution in [3.05, 3.63) is 59.4 Å². The van der Waals surface area contributed by atoms with Crippen LogP contribution in [0.3, 0.4) is 0 Å². The Kier molecular flexibility index (Phi) is 5.45. The number of carbonyl (C=O) groups is 1. The molecule has 0 radical (unpaired) electrons. The summed E-state index contributed by atoms with van der Waals surface area (Å²) in [5.41, 5.74) is 2.15. The zero-order chi connectivity index (χ0) is 19.5. The van der Waals surface area contributed by atoms with E-state index in [0.29, 0.717) is 24.3 Å². The van der Waals surface area contributed by atoms with E-state index in [1.54, 1.807) is 0 Å². The minimum atomic E-state index is -0.774. The van der Waals surface area contributed by atoms with Crippen LogP contribution in [0.25, 0.3) is 0 Å². The molecule has 0 unspecified atom stereocenters. The van der Waals surface area contributed by atoms with Crippen molar-refractivity contribution in [3.8, 4) is 5.75 Å². The highest BCUT2D eigenvalue weighted by Gasteiger charge is 2.30. The van der Waals surface area contributed by atoms with Gasteiger partial charge in [0.05, 0.1) is 18.8 Å². The predicted molar refractivity (Wildman–Crippen MR) is 104 cm³/mol. The topological polar surface area (TPSA) is 73.8 Å². The number of aliphatic hydroxyl groups excluding tert-OH is 1. The fourth-order valence-corrected chi connectivity index (χ4v) is 3.69. The molecule has 1 fully saturated rings. The van der Waals surface area contributed by atoms with E-state index in [4.69, 9.17) is 4.74 Å². The smallest absolute Gasteiger partial charge is 0.251 e. The Morgan fingerprint density at radius 2 is 1.93 bits per heavy atom. The fraction of sp³-hybridized carbons (Fsp3) is 0.381. The lowest BCUT2D eigenvalue weighted by molar-refractivity contribution is 0.0805. The highest BCUT2D eigenvalue weighted by atomic mass is 19.1. The second-order valence-corrected chi connectivity index (χ2v) is 7.12. The Balaban J connectivity index is 1.62. The molecule has 0 spiro atoms. The van der Waals surface area contributed by atoms with Gasteiger partial charge in [-0.1, -0.05) is 0 Å². The van der Waals surface area contributed by atoms with E-state index in [-0.39, 0.29) is 5.91 Å². The normalized spacial score (nSPS) is 22.0. The second-order valence-electron chi connectivity index (χ2n) is 7.12. The molecule has 148 valence electrons. The van der Waals surface area contributed by atoms with Gasteiger partial charge in [0.2, 0.25) is 0 Å². The molecule has 7 heteroatoms. The molecule has 0 aromatic heterocycles. The van der Waals surface area contributed by atoms with Crippen molar-refractivity contribution in [2.75, 3.05) is 37.7 Å². The number of amides is 1. The zero-order valence-corrected chi connectivity index (χ0v) is 15.5. The van der Waals surface area contributed by atoms with E-state index in [1.165, 1.54) is 24.3 Å². The number of rotatable bonds is 3. The number of nitrogens with one attached hydrogen (secondary N) is 2. The van der Waals surface area contributed by atoms with E-state index in [1.807, 2.05) is 18.2 Å². The van der Waals surface area contributed by atoms with Crippen molar-refractivity contribution < 1.29 is 19.0 Å². The summed E-state index contributed by atoms with van der Waals surface area (Å²) in [7, 11) is 0. The van der Waals surface area contributed by atoms with Gasteiger partial charge in [0.1, 0.15) is 11.6 Å². The average Bonchev–Trinajstić information content (AvgIpc) is 2.87. The van der Waals surface area contributed by atoms with E-state index in [9.17, 15) is 14.3 Å². The summed E-state index contributed by atoms with van der Waals surface area (Å²) in [6.45, 7) is 4.01. The summed E-state index contributed by atoms with van der Waals surface area (Å²) >= 11 is 0. The van der Waals surface area contributed by atoms with Gasteiger partial charge in [-0.25, -0.2) is 4.39 Å². The van der Waals surface area contributed by atoms with Crippen molar-refractivity contribution in [2.24, 2.45) is 0 Å². The van der Waals surface area contributed by atoms with Gasteiger partial charge in [0.25, 0.3) is 5.91 Å². The van der Waals surface area contributed by atoms with E-state index >= 15 is 0 Å². The first-order chi connectivity index (χ1) is 13.6. The summed E-state index contributed by atoms with van der Waals surface area (Å²) < 4.78 is 18.9. The number of anilines is 1. The van der Waals surface area contributed by atoms with Crippen LogP contribution in [0.15, 0.2) is 42.5 Å². The molecule has 2 aliphatic rings. The van der Waals surface area contributed by atoms with Crippen LogP contribution in [0.2, 0.25) is 0 Å². The molecule has 2 aromatic rings. The van der Waals surface area contributed by atoms with Gasteiger partial charge in [-0.15, -0.1) is 0 Å². The lowest BCUT2D eigenvalue weighted by atomic mass is 9.98. The Labute approximate surface area is 163 Å². The predicted octanol–water partition coefficient (Wildman–Crippen LogP) is 1.85. The van der Waals surface area contributed by atoms with Gasteiger partial charge in [0.15, 0.2) is 0 Å². The average molecular weight is 385 g/mol. The maximum Gasteiger partial charge on any atom is 0.251 e. The van der Waals surface area contributed by atoms with Crippen LogP contribution < -0.4 is 20.3 Å². The van der Waals surface area contributed by atoms with Crippen molar-refractivity contribution >= 4 is 11.6 Å². The first-order valence-corrected chi connectivity index (χ1v) is 9.59. The highest BCUT2D eigenvalue weighted by molar-refractivity contribution is 5.94. The molecule has 2 aliphatic heterocycles. The van der Waals surface area contributed by atoms with Crippen molar-refractivity contribution in [2.45, 2.75) is 18.6 Å². The SMILES string of the molecule is O=C(N[C@H]1c2cc(N3CCNCC3)ccc2OCC[C@@H]1O)c1ccc(F)cc1. The monoisotopic (exact) mass is 385 g/mol. The van der Waals surface area contributed by atoms with Gasteiger partial charge in [-0.2, -0.15) is 0 Å². The number of aliphatic hydroxyl groups is 1. The molecule has 6 nitrogen and oxygen atoms in total. The molecule has 1 saturated heterocycles. The van der Waals surface area contributed by atoms with Crippen LogP contribution in [0.1, 0.15) is 28.4 Å². The maximum absolute atomic E-state index is 13.1. The lowest BCUT2D eigenvalue weighted by Crippen LogP contribution is -2.43. The highest BCUT2D eigenvalue weighted by Crippen LogP contribution is 2.35. The largest absolute Gasteiger partial charge is 0.493 e. The number of nitrogens with zero attached hydrogens (tertiary/aromatic N) is 1. The molecular formula is C21H24FN3O3. The lowest BCUT2D eigenvalue weighted by Gasteiger charge is -2.31. The summed E-state index contributed by atoms with van der Waals surface area (Å²) in [6, 6.07) is 10.7. The Bertz CT molecular complexity index is 837. The number of fused-ring (bicyclic) bond motifs is 1. The van der Waals surface area contributed by atoms with E-state index < -0.39 is 18.0 Å². The molecule has 1 amide bonds. The summed E-state index contributed by atoms with van der Waals surface area (Å²) in [5, 5.41) is 16.9. The van der Waals surface area contributed by atoms with E-state index in [2.05, 4.69) is 15.5 Å². The summed E-state index contributed by atoms with van der Waals surface area (Å²) in [5.74, 6) is -0.0882. The third-order valence-corrected chi connectivity index (χ3v) is 5.26. The molecule has 0 aliphatic carbocycles. The van der Waals surface area contributed by atoms with Crippen LogP contribution in [-0.4, -0.2) is 49.9 Å². The van der Waals surface area contributed by atoms with Gasteiger partial charge in [-0.3, -0.25) is 4.79 Å². The molecule has 2 heterocycles. The van der Waals surface area contributed by atoms with Gasteiger partial charge in [0, 0.05) is 49.4 Å². The molecular weight excluding hydrogens is 361 g/mol. The fourth-order valence-electron chi connectivity index (χ4n) is 3.69. The Hall–Kier alpha value is -2.64. The van der Waals surface area contributed by atoms with Crippen molar-refractivity contribution in [1.82, 2.24) is 10.6 Å². The van der Waals surface area contributed by atoms with E-state index in [0.717, 1.165) is 37.4 Å². The van der Waals surface area contributed by atoms with Crippen LogP contribution in [0.4, 0.5) is 10.1 Å². The summed E-state index contributed by atoms with van der Waals surface area (Å²) in [4.78, 5) is 14.9. The van der Waals surface area contributed by atoms with Crippen LogP contribution in [0, 0.1) is 5.82 Å². The number of ether oxygens (including phenoxy) is 1. The quantitative estimate of drug-likeness (QED) is 0.752. The van der Waals surface area contributed by atoms with Gasteiger partial charge >= 0.3 is 0 Å². The first-order valence-electron chi connectivity index (χ1n) is 9.59. The molecule has 0 bridgehead atoms. The molecule has 2 aromatic carbocycles. The van der Waals surface area contributed by atoms with Crippen LogP contribution in [0.5, 0.6) is 5.75 Å². The number of piperazine rings is 1. The van der Waals surface area contributed by atoms with Crippen molar-refractivity contribution in [3.63, 3.8) is 0 Å². The summed E-state index contributed by atoms with van der Waals surface area (Å²) in [6.07, 6.45) is -0.365. The maximum atomic E-state index is 13.1. The minimum Gasteiger partial charge on any atom is -0.493 e. The third-order valence-electron chi connectivity index (χ3n) is 5.26. The molecule has 28 heavy (non-hydrogen) atoms. The molecule has 4 rings (SSSR count). The number of benzene rings is 2. The second kappa shape index (κ2) is 8.16. The number of hydrogen-bond acceptors (Lipinski definition) is 5. The number of hydrogen-bond donors (Lipinski definition) is 3. The van der Waals surface area contributed by atoms with Crippen LogP contribution in [-0.2, 0) is 0 Å². The number of halogens is 1. The Morgan fingerprint density at radius 1 is 1.18 bits per heavy atom.